The molecule has 1 heterocycles. The fourth-order valence-corrected chi connectivity index (χ4v) is 21.8. The van der Waals surface area contributed by atoms with Crippen LogP contribution in [0.5, 0.6) is 23.0 Å². The lowest BCUT2D eigenvalue weighted by Gasteiger charge is -2.54. The van der Waals surface area contributed by atoms with E-state index >= 15 is 0 Å². The molecule has 0 saturated heterocycles. The number of ether oxygens (including phenoxy) is 4. The third-order valence-electron chi connectivity index (χ3n) is 29.1. The molecule has 23 nitrogen and oxygen atoms in total. The summed E-state index contributed by atoms with van der Waals surface area (Å²) in [6, 6.07) is 76.4. The van der Waals surface area contributed by atoms with Gasteiger partial charge in [0.25, 0.3) is 17.7 Å². The van der Waals surface area contributed by atoms with Crippen molar-refractivity contribution in [2.75, 3.05) is 26.4 Å². The Morgan fingerprint density at radius 3 is 0.938 bits per heavy atom. The average molecular weight is 2020 g/mol. The molecule has 6 saturated carbocycles. The molecule has 0 aliphatic heterocycles. The van der Waals surface area contributed by atoms with Crippen molar-refractivity contribution in [3.8, 4) is 40.4 Å². The van der Waals surface area contributed by atoms with Crippen LogP contribution in [-0.4, -0.2) is 146 Å². The number of carboxylic acids is 4. The monoisotopic (exact) mass is 2020 g/mol. The average Bonchev–Trinajstić information content (AvgIpc) is 0.730. The highest BCUT2D eigenvalue weighted by molar-refractivity contribution is 7.89. The molecule has 9 aromatic carbocycles. The minimum atomic E-state index is -4.14. The first-order valence-corrected chi connectivity index (χ1v) is 53.1. The predicted molar refractivity (Wildman–Crippen MR) is 559 cm³/mol. The van der Waals surface area contributed by atoms with Gasteiger partial charge in [0.2, 0.25) is 10.0 Å². The minimum Gasteiger partial charge on any atom is -0.493 e. The van der Waals surface area contributed by atoms with Crippen LogP contribution in [0.2, 0.25) is 0 Å². The van der Waals surface area contributed by atoms with E-state index < -0.39 is 45.5 Å². The van der Waals surface area contributed by atoms with Crippen molar-refractivity contribution in [2.45, 2.75) is 313 Å². The van der Waals surface area contributed by atoms with Crippen molar-refractivity contribution < 1.29 is 98.9 Å². The molecule has 4 bridgehead atoms. The molecular formula is C119H144F3N5O18S. The molecule has 0 radical (unpaired) electrons. The number of rotatable bonds is 49. The van der Waals surface area contributed by atoms with Crippen LogP contribution in [0.4, 0.5) is 13.2 Å². The number of carbonyl (C=O) groups is 7. The summed E-state index contributed by atoms with van der Waals surface area (Å²) in [7, 11) is -3.75. The SMILES string of the molecule is CC(C)N(Cc1ccccc1OCCCCCC(=O)O)C(=O)c1ccc(C#N)cc1.CC(C)N(Cc1ccccc1OCCCCCC(=O)O)C(=O)c1ccc(C23CCC(C(F)(F)F)(CC2)CC3)cc1.CC(C)N(Cc1ccccc1OCCCCCC(=O)O)C(=O)c1ccc(C23CCC(c4ccccc4)(CC2)CC3)cc1.CC(C)N(Cc1ccccc1OCCCCCC(=O)O)S(=O)(=O)c1ccc(-c2ccco2)cc1. The van der Waals surface area contributed by atoms with Gasteiger partial charge in [-0.1, -0.05) is 127 Å². The summed E-state index contributed by atoms with van der Waals surface area (Å²) in [6.45, 7) is 19.0. The van der Waals surface area contributed by atoms with Gasteiger partial charge in [-0.05, 0) is 352 Å². The van der Waals surface area contributed by atoms with Crippen molar-refractivity contribution in [1.82, 2.24) is 19.0 Å². The first-order valence-electron chi connectivity index (χ1n) is 51.6. The van der Waals surface area contributed by atoms with Gasteiger partial charge in [-0.3, -0.25) is 33.6 Å². The second-order valence-electron chi connectivity index (χ2n) is 40.2. The van der Waals surface area contributed by atoms with E-state index in [0.717, 1.165) is 102 Å². The fraction of sp³-hybridized carbons (Fsp3) is 0.445. The quantitative estimate of drug-likeness (QED) is 0.0257. The highest BCUT2D eigenvalue weighted by Gasteiger charge is 2.61. The number of fused-ring (bicyclic) bond motifs is 6. The van der Waals surface area contributed by atoms with Gasteiger partial charge < -0.3 is 58.5 Å². The number of unbranched alkanes of at least 4 members (excludes halogenated alkanes) is 8. The van der Waals surface area contributed by atoms with E-state index in [4.69, 9.17) is 49.1 Å². The number of nitrogens with zero attached hydrogens (tertiary/aromatic N) is 5. The molecule has 0 spiro atoms. The summed E-state index contributed by atoms with van der Waals surface area (Å²) in [5, 5.41) is 44.0. The second-order valence-corrected chi connectivity index (χ2v) is 42.1. The molecule has 146 heavy (non-hydrogen) atoms. The highest BCUT2D eigenvalue weighted by Crippen LogP contribution is 2.64. The van der Waals surface area contributed by atoms with Crippen LogP contribution in [0, 0.1) is 16.7 Å². The molecule has 0 atom stereocenters. The van der Waals surface area contributed by atoms with Crippen LogP contribution in [0.3, 0.4) is 0 Å². The number of carbonyl (C=O) groups excluding carboxylic acids is 3. The van der Waals surface area contributed by atoms with E-state index in [2.05, 4.69) is 62.4 Å². The number of sulfonamides is 1. The number of alkyl halides is 3. The van der Waals surface area contributed by atoms with Gasteiger partial charge in [0.1, 0.15) is 28.8 Å². The maximum absolute atomic E-state index is 13.8. The zero-order valence-electron chi connectivity index (χ0n) is 85.6. The molecule has 27 heteroatoms. The summed E-state index contributed by atoms with van der Waals surface area (Å²) in [5.41, 5.74) is 9.49. The van der Waals surface area contributed by atoms with Crippen LogP contribution < -0.4 is 18.9 Å². The topological polar surface area (TPSA) is 321 Å². The maximum atomic E-state index is 13.8. The maximum Gasteiger partial charge on any atom is 0.394 e. The third-order valence-corrected chi connectivity index (χ3v) is 31.2. The van der Waals surface area contributed by atoms with E-state index in [1.807, 2.05) is 186 Å². The van der Waals surface area contributed by atoms with Crippen LogP contribution in [-0.2, 0) is 71.6 Å². The number of hydrogen-bond acceptors (Lipinski definition) is 15. The number of para-hydroxylation sites is 4. The molecule has 0 unspecified atom stereocenters. The molecular weight excluding hydrogens is 1880 g/mol. The van der Waals surface area contributed by atoms with Crippen molar-refractivity contribution >= 4 is 51.6 Å². The third kappa shape index (κ3) is 31.5. The smallest absolute Gasteiger partial charge is 0.394 e. The summed E-state index contributed by atoms with van der Waals surface area (Å²) < 4.78 is 98.8. The van der Waals surface area contributed by atoms with Crippen molar-refractivity contribution in [1.29, 1.82) is 5.26 Å². The molecule has 6 fully saturated rings. The van der Waals surface area contributed by atoms with Gasteiger partial charge in [0, 0.05) is 121 Å². The van der Waals surface area contributed by atoms with E-state index in [9.17, 15) is 55.2 Å². The minimum absolute atomic E-state index is 0.0165. The first-order chi connectivity index (χ1) is 70.0. The van der Waals surface area contributed by atoms with Gasteiger partial charge in [-0.15, -0.1) is 0 Å². The zero-order chi connectivity index (χ0) is 105. The van der Waals surface area contributed by atoms with Crippen molar-refractivity contribution in [2.24, 2.45) is 5.41 Å². The Morgan fingerprint density at radius 1 is 0.356 bits per heavy atom. The summed E-state index contributed by atoms with van der Waals surface area (Å²) in [5.74, 6) is 0.243. The van der Waals surface area contributed by atoms with E-state index in [-0.39, 0.29) is 109 Å². The molecule has 16 rings (SSSR count). The Hall–Kier alpha value is -13.1. The largest absolute Gasteiger partial charge is 0.493 e. The number of amides is 3. The number of carboxylic acid groups (broad SMARTS) is 4. The van der Waals surface area contributed by atoms with Crippen molar-refractivity contribution in [3.63, 3.8) is 0 Å². The van der Waals surface area contributed by atoms with Gasteiger partial charge in [-0.25, -0.2) is 8.42 Å². The predicted octanol–water partition coefficient (Wildman–Crippen LogP) is 26.4. The summed E-state index contributed by atoms with van der Waals surface area (Å²) in [4.78, 5) is 88.7. The van der Waals surface area contributed by atoms with Crippen LogP contribution in [0.25, 0.3) is 11.3 Å². The molecule has 780 valence electrons. The van der Waals surface area contributed by atoms with E-state index in [1.54, 1.807) is 70.7 Å². The van der Waals surface area contributed by atoms with Gasteiger partial charge in [-0.2, -0.15) is 22.7 Å². The molecule has 6 aliphatic rings. The lowest BCUT2D eigenvalue weighted by atomic mass is 9.50. The standard InChI is InChI=1S/C37H45NO4.C32H40F3NO4.C26H31NO6S.C24H28N2O4/c1-28(2)38(27-30-11-8-9-14-33(30)42-26-10-4-7-15-34(39)40)35(41)29-16-18-32(19-17-29)37-23-20-36(21-24-37,22-25-37)31-12-5-3-6-13-31;1-23(2)36(22-25-8-5-6-9-27(25)40-21-7-3-4-10-28(37)38)29(39)24-11-13-26(14-12-24)30-15-18-31(19-16-30,20-17-30)32(33,34)35;1-20(2)27(34(30,31)23-15-13-21(14-16-23)24-11-8-18-33-24)19-22-9-5-6-10-25(22)32-17-7-3-4-12-26(28)29;1-18(2)26(24(29)20-13-11-19(16-25)12-14-20)17-21-8-5-6-9-22(21)30-15-7-3-4-10-23(27)28/h3,5-6,8-9,11-14,16-19,28H,4,7,10,15,20-27H2,1-2H3,(H,39,40);5-6,8-9,11-14,23H,3-4,7,10,15-22H2,1-2H3,(H,37,38);5-6,8-11,13-16,18,20H,3-4,7,12,17,19H2,1-2H3,(H,28,29);5-6,8-9,11-14,18H,3-4,7,10,15,17H2,1-2H3,(H,27,28). The lowest BCUT2D eigenvalue weighted by Crippen LogP contribution is -2.51. The van der Waals surface area contributed by atoms with E-state index in [1.165, 1.54) is 54.0 Å². The fourth-order valence-electron chi connectivity index (χ4n) is 20.2. The summed E-state index contributed by atoms with van der Waals surface area (Å²) in [6.07, 6.45) is 16.4. The number of furan rings is 1. The van der Waals surface area contributed by atoms with Crippen LogP contribution in [0.1, 0.15) is 311 Å². The van der Waals surface area contributed by atoms with Crippen LogP contribution >= 0.6 is 0 Å². The Kier molecular flexibility index (Phi) is 42.2. The number of nitriles is 1. The summed E-state index contributed by atoms with van der Waals surface area (Å²) >= 11 is 0. The lowest BCUT2D eigenvalue weighted by molar-refractivity contribution is -0.253. The molecule has 1 aromatic heterocycles. The number of benzene rings is 9. The Labute approximate surface area is 858 Å². The number of aliphatic carboxylic acids is 4. The van der Waals surface area contributed by atoms with Gasteiger partial charge in [0.15, 0.2) is 0 Å². The molecule has 3 amide bonds. The number of halogens is 3. The Bertz CT molecular complexity index is 5980. The first kappa shape index (κ1) is 113. The van der Waals surface area contributed by atoms with Gasteiger partial charge >= 0.3 is 30.1 Å². The molecule has 6 aliphatic carbocycles. The molecule has 4 N–H and O–H groups in total. The Balaban J connectivity index is 0.000000187. The highest BCUT2D eigenvalue weighted by atomic mass is 32.2. The van der Waals surface area contributed by atoms with E-state index in [0.29, 0.717) is 130 Å². The normalized spacial score (nSPS) is 17.1. The zero-order valence-corrected chi connectivity index (χ0v) is 86.5. The molecule has 10 aromatic rings. The van der Waals surface area contributed by atoms with Gasteiger partial charge in [0.05, 0.1) is 54.6 Å². The van der Waals surface area contributed by atoms with Crippen LogP contribution in [0.15, 0.2) is 252 Å². The Morgan fingerprint density at radius 2 is 0.651 bits per heavy atom. The second kappa shape index (κ2) is 54.4. The number of hydrogen-bond donors (Lipinski definition) is 4. The van der Waals surface area contributed by atoms with Crippen molar-refractivity contribution in [3.05, 3.63) is 304 Å².